The predicted octanol–water partition coefficient (Wildman–Crippen LogP) is 5.06. The van der Waals surface area contributed by atoms with Gasteiger partial charge in [-0.1, -0.05) is 18.2 Å². The Morgan fingerprint density at radius 1 is 1.18 bits per heavy atom. The molecule has 0 aliphatic carbocycles. The molecular formula is C20H19F3N2O2S. The molecule has 0 fully saturated rings. The minimum atomic E-state index is -4.44. The molecule has 148 valence electrons. The lowest BCUT2D eigenvalue weighted by atomic mass is 10.1. The molecule has 0 aliphatic rings. The van der Waals surface area contributed by atoms with Crippen molar-refractivity contribution < 1.29 is 22.4 Å². The van der Waals surface area contributed by atoms with Crippen LogP contribution in [0.4, 0.5) is 13.2 Å². The molecule has 3 aromatic rings. The van der Waals surface area contributed by atoms with Gasteiger partial charge in [-0.05, 0) is 49.8 Å². The van der Waals surface area contributed by atoms with Gasteiger partial charge in [-0.25, -0.2) is 0 Å². The first-order chi connectivity index (χ1) is 13.3. The number of rotatable bonds is 6. The number of carbonyl (C=O) groups is 1. The Morgan fingerprint density at radius 2 is 1.96 bits per heavy atom. The van der Waals surface area contributed by atoms with Gasteiger partial charge in [-0.2, -0.15) is 13.2 Å². The lowest BCUT2D eigenvalue weighted by molar-refractivity contribution is -0.137. The molecule has 0 spiro atoms. The Bertz CT molecular complexity index is 933. The van der Waals surface area contributed by atoms with Gasteiger partial charge in [0.2, 0.25) is 0 Å². The van der Waals surface area contributed by atoms with Crippen LogP contribution in [-0.2, 0) is 6.18 Å². The molecular weight excluding hydrogens is 389 g/mol. The molecule has 3 rings (SSSR count). The maximum atomic E-state index is 12.9. The van der Waals surface area contributed by atoms with E-state index in [1.54, 1.807) is 11.3 Å². The number of amides is 1. The van der Waals surface area contributed by atoms with E-state index in [1.165, 1.54) is 24.3 Å². The smallest absolute Gasteiger partial charge is 0.416 e. The van der Waals surface area contributed by atoms with Crippen molar-refractivity contribution in [2.24, 2.45) is 0 Å². The van der Waals surface area contributed by atoms with Crippen molar-refractivity contribution in [3.05, 3.63) is 70.1 Å². The molecule has 1 amide bonds. The largest absolute Gasteiger partial charge is 0.451 e. The monoisotopic (exact) mass is 408 g/mol. The summed E-state index contributed by atoms with van der Waals surface area (Å²) in [5, 5.41) is 4.80. The number of halogens is 3. The van der Waals surface area contributed by atoms with Gasteiger partial charge < -0.3 is 14.6 Å². The van der Waals surface area contributed by atoms with Gasteiger partial charge in [0.25, 0.3) is 5.91 Å². The van der Waals surface area contributed by atoms with Crippen molar-refractivity contribution in [1.82, 2.24) is 10.2 Å². The van der Waals surface area contributed by atoms with E-state index in [4.69, 9.17) is 4.42 Å². The summed E-state index contributed by atoms with van der Waals surface area (Å²) in [6, 6.07) is 11.7. The standard InChI is InChI=1S/C20H19F3N2O2S/c1-25(2)15(18-7-4-10-28-18)12-24-19(26)17-9-8-16(27-17)13-5-3-6-14(11-13)20(21,22)23/h3-11,15H,12H2,1-2H3,(H,24,26)/t15-/m1/s1. The number of hydrogen-bond acceptors (Lipinski definition) is 4. The minimum absolute atomic E-state index is 0.0156. The van der Waals surface area contributed by atoms with E-state index in [1.807, 2.05) is 36.5 Å². The first-order valence-electron chi connectivity index (χ1n) is 8.51. The van der Waals surface area contributed by atoms with Crippen molar-refractivity contribution in [3.63, 3.8) is 0 Å². The molecule has 0 saturated heterocycles. The van der Waals surface area contributed by atoms with Crippen LogP contribution in [0.3, 0.4) is 0 Å². The Balaban J connectivity index is 1.71. The van der Waals surface area contributed by atoms with Crippen LogP contribution in [-0.4, -0.2) is 31.4 Å². The molecule has 28 heavy (non-hydrogen) atoms. The van der Waals surface area contributed by atoms with Crippen LogP contribution >= 0.6 is 11.3 Å². The topological polar surface area (TPSA) is 45.5 Å². The quantitative estimate of drug-likeness (QED) is 0.620. The highest BCUT2D eigenvalue weighted by molar-refractivity contribution is 7.10. The Kier molecular flexibility index (Phi) is 5.90. The number of thiophene rings is 1. The van der Waals surface area contributed by atoms with E-state index in [0.29, 0.717) is 6.54 Å². The Labute approximate surface area is 164 Å². The fraction of sp³-hybridized carbons (Fsp3) is 0.250. The van der Waals surface area contributed by atoms with Crippen molar-refractivity contribution in [3.8, 4) is 11.3 Å². The second-order valence-electron chi connectivity index (χ2n) is 6.45. The fourth-order valence-electron chi connectivity index (χ4n) is 2.76. The highest BCUT2D eigenvalue weighted by atomic mass is 32.1. The average Bonchev–Trinajstić information content (AvgIpc) is 3.33. The molecule has 0 saturated carbocycles. The van der Waals surface area contributed by atoms with Crippen LogP contribution < -0.4 is 5.32 Å². The Morgan fingerprint density at radius 3 is 2.61 bits per heavy atom. The highest BCUT2D eigenvalue weighted by Gasteiger charge is 2.30. The molecule has 1 N–H and O–H groups in total. The third-order valence-corrected chi connectivity index (χ3v) is 5.23. The van der Waals surface area contributed by atoms with E-state index >= 15 is 0 Å². The molecule has 2 heterocycles. The summed E-state index contributed by atoms with van der Waals surface area (Å²) in [7, 11) is 3.85. The zero-order valence-corrected chi connectivity index (χ0v) is 16.1. The number of likely N-dealkylation sites (N-methyl/N-ethyl adjacent to an activating group) is 1. The number of alkyl halides is 3. The first kappa shape index (κ1) is 20.2. The van der Waals surface area contributed by atoms with Crippen molar-refractivity contribution >= 4 is 17.2 Å². The van der Waals surface area contributed by atoms with Gasteiger partial charge in [-0.3, -0.25) is 4.79 Å². The third kappa shape index (κ3) is 4.63. The highest BCUT2D eigenvalue weighted by Crippen LogP contribution is 2.32. The van der Waals surface area contributed by atoms with Crippen molar-refractivity contribution in [2.45, 2.75) is 12.2 Å². The predicted molar refractivity (Wildman–Crippen MR) is 102 cm³/mol. The van der Waals surface area contributed by atoms with Gasteiger partial charge in [-0.15, -0.1) is 11.3 Å². The molecule has 0 aliphatic heterocycles. The van der Waals surface area contributed by atoms with Crippen LogP contribution in [0.5, 0.6) is 0 Å². The van der Waals surface area contributed by atoms with Crippen LogP contribution in [0.1, 0.15) is 27.0 Å². The van der Waals surface area contributed by atoms with Gasteiger partial charge in [0.1, 0.15) is 5.76 Å². The minimum Gasteiger partial charge on any atom is -0.451 e. The van der Waals surface area contributed by atoms with Crippen molar-refractivity contribution in [1.29, 1.82) is 0 Å². The van der Waals surface area contributed by atoms with Crippen LogP contribution in [0, 0.1) is 0 Å². The molecule has 1 atom stereocenters. The summed E-state index contributed by atoms with van der Waals surface area (Å²) in [6.45, 7) is 0.381. The summed E-state index contributed by atoms with van der Waals surface area (Å²) in [4.78, 5) is 15.5. The normalized spacial score (nSPS) is 12.9. The maximum Gasteiger partial charge on any atom is 0.416 e. The lowest BCUT2D eigenvalue weighted by Crippen LogP contribution is -2.34. The average molecular weight is 408 g/mol. The summed E-state index contributed by atoms with van der Waals surface area (Å²) in [6.07, 6.45) is -4.44. The van der Waals surface area contributed by atoms with E-state index < -0.39 is 17.6 Å². The summed E-state index contributed by atoms with van der Waals surface area (Å²) < 4.78 is 44.1. The molecule has 8 heteroatoms. The zero-order valence-electron chi connectivity index (χ0n) is 15.3. The fourth-order valence-corrected chi connectivity index (χ4v) is 3.68. The van der Waals surface area contributed by atoms with E-state index in [9.17, 15) is 18.0 Å². The summed E-state index contributed by atoms with van der Waals surface area (Å²) >= 11 is 1.60. The number of hydrogen-bond donors (Lipinski definition) is 1. The number of nitrogens with one attached hydrogen (secondary N) is 1. The molecule has 0 unspecified atom stereocenters. The lowest BCUT2D eigenvalue weighted by Gasteiger charge is -2.23. The van der Waals surface area contributed by atoms with E-state index in [2.05, 4.69) is 5.32 Å². The van der Waals surface area contributed by atoms with Gasteiger partial charge in [0.15, 0.2) is 5.76 Å². The van der Waals surface area contributed by atoms with Crippen LogP contribution in [0.15, 0.2) is 58.3 Å². The Hall–Kier alpha value is -2.58. The second kappa shape index (κ2) is 8.20. The SMILES string of the molecule is CN(C)[C@H](CNC(=O)c1ccc(-c2cccc(C(F)(F)F)c2)o1)c1cccs1. The summed E-state index contributed by atoms with van der Waals surface area (Å²) in [5.74, 6) is -0.156. The molecule has 4 nitrogen and oxygen atoms in total. The van der Waals surface area contributed by atoms with Gasteiger partial charge in [0, 0.05) is 17.0 Å². The molecule has 0 radical (unpaired) electrons. The maximum absolute atomic E-state index is 12.9. The van der Waals surface area contributed by atoms with E-state index in [0.717, 1.165) is 17.0 Å². The second-order valence-corrected chi connectivity index (χ2v) is 7.43. The molecule has 1 aromatic carbocycles. The van der Waals surface area contributed by atoms with Gasteiger partial charge >= 0.3 is 6.18 Å². The van der Waals surface area contributed by atoms with Gasteiger partial charge in [0.05, 0.1) is 11.6 Å². The number of furan rings is 1. The van der Waals surface area contributed by atoms with Crippen LogP contribution in [0.25, 0.3) is 11.3 Å². The van der Waals surface area contributed by atoms with Crippen LogP contribution in [0.2, 0.25) is 0 Å². The molecule has 0 bridgehead atoms. The number of nitrogens with zero attached hydrogens (tertiary/aromatic N) is 1. The zero-order chi connectivity index (χ0) is 20.3. The first-order valence-corrected chi connectivity index (χ1v) is 9.39. The van der Waals surface area contributed by atoms with E-state index in [-0.39, 0.29) is 23.1 Å². The molecule has 2 aromatic heterocycles. The number of carbonyl (C=O) groups excluding carboxylic acids is 1. The summed E-state index contributed by atoms with van der Waals surface area (Å²) in [5.41, 5.74) is -0.504. The van der Waals surface area contributed by atoms with Crippen molar-refractivity contribution in [2.75, 3.05) is 20.6 Å². The third-order valence-electron chi connectivity index (χ3n) is 4.26. The number of benzene rings is 1.